The second-order valence-electron chi connectivity index (χ2n) is 4.94. The molecule has 0 radical (unpaired) electrons. The zero-order valence-corrected chi connectivity index (χ0v) is 15.4. The zero-order chi connectivity index (χ0) is 18.7. The molecule has 8 nitrogen and oxygen atoms in total. The number of nitrogens with two attached hydrogens (primary N) is 1. The molecule has 0 aliphatic heterocycles. The van der Waals surface area contributed by atoms with Crippen LogP contribution < -0.4 is 15.3 Å². The van der Waals surface area contributed by atoms with E-state index in [1.165, 1.54) is 30.3 Å². The number of benzene rings is 2. The lowest BCUT2D eigenvalue weighted by atomic mass is 10.2. The molecular weight excluding hydrogens is 388 g/mol. The summed E-state index contributed by atoms with van der Waals surface area (Å²) in [6, 6.07) is 11.7. The molecule has 0 saturated carbocycles. The van der Waals surface area contributed by atoms with Gasteiger partial charge in [0.2, 0.25) is 5.96 Å². The molecule has 0 aliphatic rings. The number of nitrogens with one attached hydrogen (secondary N) is 2. The Morgan fingerprint density at radius 2 is 1.60 bits per heavy atom. The van der Waals surface area contributed by atoms with Gasteiger partial charge in [-0.3, -0.25) is 0 Å². The Labute approximate surface area is 150 Å². The Morgan fingerprint density at radius 1 is 1.00 bits per heavy atom. The van der Waals surface area contributed by atoms with Gasteiger partial charge in [0.25, 0.3) is 20.0 Å². The Kier molecular flexibility index (Phi) is 5.55. The summed E-state index contributed by atoms with van der Waals surface area (Å²) in [7, 11) is -8.08. The molecule has 11 heteroatoms. The first-order valence-electron chi connectivity index (χ1n) is 6.81. The smallest absolute Gasteiger partial charge is 0.276 e. The van der Waals surface area contributed by atoms with E-state index in [-0.39, 0.29) is 14.8 Å². The van der Waals surface area contributed by atoms with Crippen LogP contribution in [-0.2, 0) is 20.0 Å². The maximum atomic E-state index is 12.2. The predicted molar refractivity (Wildman–Crippen MR) is 94.9 cm³/mol. The molecule has 0 aliphatic carbocycles. The van der Waals surface area contributed by atoms with Crippen LogP contribution in [0.4, 0.5) is 0 Å². The molecule has 0 unspecified atom stereocenters. The molecule has 2 rings (SSSR count). The number of hydrogen-bond acceptors (Lipinski definition) is 5. The van der Waals surface area contributed by atoms with Gasteiger partial charge in [-0.2, -0.15) is 13.2 Å². The standard InChI is InChI=1S/C14H15ClN4O4S2/c1-10-6-8-11(9-7-10)24(20,21)19-17-14(16)18-25(22,23)13-5-3-2-4-12(13)15/h2-9,19H,1H3,(H3,16,17,18). The second-order valence-corrected chi connectivity index (χ2v) is 8.66. The first-order chi connectivity index (χ1) is 11.6. The first kappa shape index (κ1) is 19.0. The lowest BCUT2D eigenvalue weighted by molar-refractivity contribution is 0.582. The number of halogens is 1. The third-order valence-electron chi connectivity index (χ3n) is 2.98. The number of guanidine groups is 1. The molecule has 2 aromatic rings. The molecule has 0 atom stereocenters. The number of rotatable bonds is 5. The molecule has 25 heavy (non-hydrogen) atoms. The van der Waals surface area contributed by atoms with Crippen LogP contribution in [0.25, 0.3) is 0 Å². The Morgan fingerprint density at radius 3 is 2.20 bits per heavy atom. The summed E-state index contributed by atoms with van der Waals surface area (Å²) in [5, 5.41) is 3.35. The minimum atomic E-state index is -4.10. The van der Waals surface area contributed by atoms with Crippen molar-refractivity contribution in [2.45, 2.75) is 16.7 Å². The van der Waals surface area contributed by atoms with Crippen molar-refractivity contribution >= 4 is 37.6 Å². The van der Waals surface area contributed by atoms with Crippen LogP contribution in [0.5, 0.6) is 0 Å². The SMILES string of the molecule is Cc1ccc(S(=O)(=O)NN=C(N)NS(=O)(=O)c2ccccc2Cl)cc1. The van der Waals surface area contributed by atoms with Crippen LogP contribution in [0.3, 0.4) is 0 Å². The summed E-state index contributed by atoms with van der Waals surface area (Å²) in [6.07, 6.45) is 0. The fraction of sp³-hybridized carbons (Fsp3) is 0.0714. The minimum Gasteiger partial charge on any atom is -0.368 e. The molecular formula is C14H15ClN4O4S2. The highest BCUT2D eigenvalue weighted by Crippen LogP contribution is 2.19. The van der Waals surface area contributed by atoms with E-state index in [9.17, 15) is 16.8 Å². The van der Waals surface area contributed by atoms with Crippen molar-refractivity contribution in [3.8, 4) is 0 Å². The van der Waals surface area contributed by atoms with Crippen LogP contribution >= 0.6 is 11.6 Å². The number of hydrogen-bond donors (Lipinski definition) is 3. The van der Waals surface area contributed by atoms with Crippen molar-refractivity contribution in [2.24, 2.45) is 10.8 Å². The highest BCUT2D eigenvalue weighted by Gasteiger charge is 2.19. The van der Waals surface area contributed by atoms with E-state index in [4.69, 9.17) is 17.3 Å². The first-order valence-corrected chi connectivity index (χ1v) is 10.2. The van der Waals surface area contributed by atoms with Crippen LogP contribution in [-0.4, -0.2) is 22.8 Å². The lowest BCUT2D eigenvalue weighted by Gasteiger charge is -2.09. The van der Waals surface area contributed by atoms with E-state index in [1.54, 1.807) is 18.2 Å². The Balaban J connectivity index is 2.16. The van der Waals surface area contributed by atoms with Crippen molar-refractivity contribution in [1.29, 1.82) is 0 Å². The van der Waals surface area contributed by atoms with Crippen LogP contribution in [0.1, 0.15) is 5.56 Å². The largest absolute Gasteiger partial charge is 0.368 e. The van der Waals surface area contributed by atoms with Crippen molar-refractivity contribution in [3.05, 3.63) is 59.1 Å². The zero-order valence-electron chi connectivity index (χ0n) is 13.0. The van der Waals surface area contributed by atoms with Gasteiger partial charge in [-0.25, -0.2) is 13.1 Å². The molecule has 0 fully saturated rings. The molecule has 4 N–H and O–H groups in total. The van der Waals surface area contributed by atoms with Crippen molar-refractivity contribution in [2.75, 3.05) is 0 Å². The Hall–Kier alpha value is -2.30. The van der Waals surface area contributed by atoms with E-state index in [2.05, 4.69) is 5.10 Å². The summed E-state index contributed by atoms with van der Waals surface area (Å²) in [4.78, 5) is 1.61. The van der Waals surface area contributed by atoms with Crippen molar-refractivity contribution in [3.63, 3.8) is 0 Å². The normalized spacial score (nSPS) is 12.6. The number of nitrogens with zero attached hydrogens (tertiary/aromatic N) is 1. The average Bonchev–Trinajstić information content (AvgIpc) is 2.53. The molecule has 0 bridgehead atoms. The van der Waals surface area contributed by atoms with Gasteiger partial charge >= 0.3 is 0 Å². The summed E-state index contributed by atoms with van der Waals surface area (Å²) < 4.78 is 50.4. The maximum Gasteiger partial charge on any atom is 0.276 e. The topological polar surface area (TPSA) is 131 Å². The quantitative estimate of drug-likeness (QED) is 0.392. The van der Waals surface area contributed by atoms with E-state index in [0.29, 0.717) is 0 Å². The van der Waals surface area contributed by atoms with Gasteiger partial charge in [0.05, 0.1) is 9.92 Å². The highest BCUT2D eigenvalue weighted by molar-refractivity contribution is 7.90. The van der Waals surface area contributed by atoms with E-state index in [0.717, 1.165) is 5.56 Å². The maximum absolute atomic E-state index is 12.2. The van der Waals surface area contributed by atoms with E-state index < -0.39 is 26.0 Å². The van der Waals surface area contributed by atoms with Gasteiger partial charge in [0, 0.05) is 0 Å². The Bertz CT molecular complexity index is 1000. The van der Waals surface area contributed by atoms with Crippen molar-refractivity contribution in [1.82, 2.24) is 9.55 Å². The fourth-order valence-electron chi connectivity index (χ4n) is 1.76. The minimum absolute atomic E-state index is 0.0111. The summed E-state index contributed by atoms with van der Waals surface area (Å²) >= 11 is 5.82. The van der Waals surface area contributed by atoms with Crippen LogP contribution in [0, 0.1) is 6.92 Å². The van der Waals surface area contributed by atoms with Gasteiger partial charge in [0.15, 0.2) is 0 Å². The highest BCUT2D eigenvalue weighted by atomic mass is 35.5. The number of hydrazone groups is 1. The molecule has 2 aromatic carbocycles. The third kappa shape index (κ3) is 4.84. The molecule has 134 valence electrons. The predicted octanol–water partition coefficient (Wildman–Crippen LogP) is 1.13. The molecule has 0 spiro atoms. The molecule has 0 heterocycles. The van der Waals surface area contributed by atoms with E-state index in [1.807, 2.05) is 16.5 Å². The molecule has 0 amide bonds. The van der Waals surface area contributed by atoms with Crippen LogP contribution in [0.15, 0.2) is 63.4 Å². The summed E-state index contributed by atoms with van der Waals surface area (Å²) in [5.41, 5.74) is 6.33. The van der Waals surface area contributed by atoms with Gasteiger partial charge in [0.1, 0.15) is 4.90 Å². The van der Waals surface area contributed by atoms with Gasteiger partial charge in [-0.05, 0) is 31.2 Å². The second kappa shape index (κ2) is 7.30. The van der Waals surface area contributed by atoms with Gasteiger partial charge < -0.3 is 5.73 Å². The summed E-state index contributed by atoms with van der Waals surface area (Å²) in [5.74, 6) is -0.657. The summed E-state index contributed by atoms with van der Waals surface area (Å²) in [6.45, 7) is 1.81. The number of aryl methyl sites for hydroxylation is 1. The van der Waals surface area contributed by atoms with Gasteiger partial charge in [-0.15, -0.1) is 5.10 Å². The average molecular weight is 403 g/mol. The fourth-order valence-corrected chi connectivity index (χ4v) is 4.03. The third-order valence-corrected chi connectivity index (χ3v) is 6.06. The monoisotopic (exact) mass is 402 g/mol. The molecule has 0 aromatic heterocycles. The van der Waals surface area contributed by atoms with Crippen LogP contribution in [0.2, 0.25) is 5.02 Å². The number of sulfonamides is 2. The van der Waals surface area contributed by atoms with Crippen molar-refractivity contribution < 1.29 is 16.8 Å². The molecule has 0 saturated heterocycles. The lowest BCUT2D eigenvalue weighted by Crippen LogP contribution is -2.39. The van der Waals surface area contributed by atoms with Gasteiger partial charge in [-0.1, -0.05) is 41.4 Å². The van der Waals surface area contributed by atoms with E-state index >= 15 is 0 Å².